The summed E-state index contributed by atoms with van der Waals surface area (Å²) in [6.07, 6.45) is 15.3. The second-order valence-electron chi connectivity index (χ2n) is 8.92. The largest absolute Gasteiger partial charge is 0.494 e. The summed E-state index contributed by atoms with van der Waals surface area (Å²) >= 11 is 1.78. The minimum absolute atomic E-state index is 0.621. The minimum atomic E-state index is 0.621. The van der Waals surface area contributed by atoms with Crippen LogP contribution in [0.5, 0.6) is 5.75 Å². The zero-order valence-electron chi connectivity index (χ0n) is 19.3. The molecule has 4 heteroatoms. The quantitative estimate of drug-likeness (QED) is 0.320. The second-order valence-corrected chi connectivity index (χ2v) is 9.98. The smallest absolute Gasteiger partial charge is 0.148 e. The van der Waals surface area contributed by atoms with E-state index in [9.17, 15) is 0 Å². The molecule has 1 aromatic heterocycles. The van der Waals surface area contributed by atoms with Crippen molar-refractivity contribution in [1.29, 1.82) is 0 Å². The molecule has 1 heterocycles. The van der Waals surface area contributed by atoms with Crippen molar-refractivity contribution in [1.82, 2.24) is 10.2 Å². The van der Waals surface area contributed by atoms with E-state index >= 15 is 0 Å². The third-order valence-corrected chi connectivity index (χ3v) is 7.46. The zero-order valence-corrected chi connectivity index (χ0v) is 20.1. The molecule has 0 saturated heterocycles. The van der Waals surface area contributed by atoms with Crippen molar-refractivity contribution in [2.75, 3.05) is 6.61 Å². The van der Waals surface area contributed by atoms with Crippen LogP contribution in [-0.2, 0) is 6.42 Å². The molecule has 166 valence electrons. The van der Waals surface area contributed by atoms with Gasteiger partial charge in [0.05, 0.1) is 6.61 Å². The van der Waals surface area contributed by atoms with Crippen molar-refractivity contribution in [3.8, 4) is 16.3 Å². The van der Waals surface area contributed by atoms with E-state index in [1.165, 1.54) is 80.3 Å². The molecule has 3 nitrogen and oxygen atoms in total. The highest BCUT2D eigenvalue weighted by molar-refractivity contribution is 7.14. The normalized spacial score (nSPS) is 19.2. The lowest BCUT2D eigenvalue weighted by molar-refractivity contribution is 0.300. The lowest BCUT2D eigenvalue weighted by Crippen LogP contribution is -2.14. The van der Waals surface area contributed by atoms with Crippen LogP contribution in [0.25, 0.3) is 10.6 Å². The number of aryl methyl sites for hydroxylation is 1. The van der Waals surface area contributed by atoms with Crippen LogP contribution >= 0.6 is 11.3 Å². The first-order valence-corrected chi connectivity index (χ1v) is 13.2. The Labute approximate surface area is 187 Å². The van der Waals surface area contributed by atoms with Crippen LogP contribution in [0.15, 0.2) is 18.2 Å². The van der Waals surface area contributed by atoms with Gasteiger partial charge in [0.1, 0.15) is 15.8 Å². The summed E-state index contributed by atoms with van der Waals surface area (Å²) in [5.74, 6) is 2.56. The molecule has 1 aromatic carbocycles. The van der Waals surface area contributed by atoms with Gasteiger partial charge in [-0.1, -0.05) is 64.2 Å². The second kappa shape index (κ2) is 12.4. The number of benzene rings is 1. The van der Waals surface area contributed by atoms with Gasteiger partial charge in [0, 0.05) is 12.0 Å². The first-order valence-electron chi connectivity index (χ1n) is 12.3. The number of unbranched alkanes of at least 4 members (excludes halogenated alkanes) is 3. The number of hydrogen-bond donors (Lipinski definition) is 0. The first kappa shape index (κ1) is 23.2. The van der Waals surface area contributed by atoms with E-state index in [2.05, 4.69) is 49.2 Å². The molecule has 0 amide bonds. The molecule has 0 bridgehead atoms. The molecule has 0 atom stereocenters. The maximum Gasteiger partial charge on any atom is 0.148 e. The van der Waals surface area contributed by atoms with Gasteiger partial charge in [-0.25, -0.2) is 0 Å². The molecule has 1 aliphatic rings. The average molecular weight is 429 g/mol. The highest BCUT2D eigenvalue weighted by Gasteiger charge is 2.25. The van der Waals surface area contributed by atoms with E-state index in [0.717, 1.165) is 36.1 Å². The number of aromatic nitrogens is 2. The zero-order chi connectivity index (χ0) is 21.2. The molecule has 2 aromatic rings. The summed E-state index contributed by atoms with van der Waals surface area (Å²) in [6, 6.07) is 6.66. The molecule has 0 aliphatic heterocycles. The Morgan fingerprint density at radius 2 is 1.73 bits per heavy atom. The number of hydrogen-bond acceptors (Lipinski definition) is 4. The minimum Gasteiger partial charge on any atom is -0.494 e. The fourth-order valence-electron chi connectivity index (χ4n) is 4.62. The number of ether oxygens (including phenoxy) is 1. The van der Waals surface area contributed by atoms with Crippen LogP contribution in [0.1, 0.15) is 108 Å². The van der Waals surface area contributed by atoms with Crippen LogP contribution in [0.4, 0.5) is 0 Å². The van der Waals surface area contributed by atoms with Crippen molar-refractivity contribution in [3.63, 3.8) is 0 Å². The molecule has 0 unspecified atom stereocenters. The summed E-state index contributed by atoms with van der Waals surface area (Å²) in [7, 11) is 0. The molecule has 0 radical (unpaired) electrons. The lowest BCUT2D eigenvalue weighted by Gasteiger charge is -2.30. The van der Waals surface area contributed by atoms with Gasteiger partial charge in [-0.2, -0.15) is 0 Å². The highest BCUT2D eigenvalue weighted by Crippen LogP contribution is 2.43. The molecule has 1 aliphatic carbocycles. The molecule has 3 rings (SSSR count). The van der Waals surface area contributed by atoms with Crippen LogP contribution in [0.2, 0.25) is 0 Å². The summed E-state index contributed by atoms with van der Waals surface area (Å²) in [6.45, 7) is 7.47. The first-order chi connectivity index (χ1) is 14.7. The molecule has 1 fully saturated rings. The van der Waals surface area contributed by atoms with E-state index in [1.807, 2.05) is 0 Å². The summed E-state index contributed by atoms with van der Waals surface area (Å²) in [4.78, 5) is 0. The summed E-state index contributed by atoms with van der Waals surface area (Å²) < 4.78 is 5.99. The van der Waals surface area contributed by atoms with E-state index < -0.39 is 0 Å². The van der Waals surface area contributed by atoms with Gasteiger partial charge in [-0.15, -0.1) is 10.2 Å². The lowest BCUT2D eigenvalue weighted by atomic mass is 9.76. The monoisotopic (exact) mass is 428 g/mol. The van der Waals surface area contributed by atoms with Gasteiger partial charge in [-0.3, -0.25) is 0 Å². The highest BCUT2D eigenvalue weighted by atomic mass is 32.1. The number of nitrogens with zero attached hydrogens (tertiary/aromatic N) is 2. The van der Waals surface area contributed by atoms with E-state index in [4.69, 9.17) is 4.74 Å². The van der Waals surface area contributed by atoms with Crippen LogP contribution < -0.4 is 4.74 Å². The van der Waals surface area contributed by atoms with Crippen LogP contribution in [0, 0.1) is 5.92 Å². The Hall–Kier alpha value is -1.42. The Balaban J connectivity index is 1.76. The van der Waals surface area contributed by atoms with Crippen LogP contribution in [-0.4, -0.2) is 16.8 Å². The third-order valence-electron chi connectivity index (χ3n) is 6.44. The van der Waals surface area contributed by atoms with Gasteiger partial charge < -0.3 is 4.74 Å². The van der Waals surface area contributed by atoms with Gasteiger partial charge in [-0.05, 0) is 74.1 Å². The van der Waals surface area contributed by atoms with Crippen molar-refractivity contribution in [3.05, 3.63) is 28.8 Å². The maximum atomic E-state index is 5.99. The number of rotatable bonds is 12. The fraction of sp³-hybridized carbons (Fsp3) is 0.692. The summed E-state index contributed by atoms with van der Waals surface area (Å²) in [5.41, 5.74) is 2.72. The molecular formula is C26H40N2OS. The predicted molar refractivity (Wildman–Crippen MR) is 129 cm³/mol. The van der Waals surface area contributed by atoms with E-state index in [0.29, 0.717) is 5.92 Å². The van der Waals surface area contributed by atoms with Crippen molar-refractivity contribution >= 4 is 11.3 Å². The SMILES string of the molecule is CCCCCC1CCC(c2cc(OCCC)ccc2-c2nnc(CCCC)s2)CC1. The molecule has 30 heavy (non-hydrogen) atoms. The molecule has 0 spiro atoms. The summed E-state index contributed by atoms with van der Waals surface area (Å²) in [5, 5.41) is 11.3. The van der Waals surface area contributed by atoms with Crippen LogP contribution in [0.3, 0.4) is 0 Å². The van der Waals surface area contributed by atoms with E-state index in [-0.39, 0.29) is 0 Å². The van der Waals surface area contributed by atoms with Gasteiger partial charge in [0.2, 0.25) is 0 Å². The Bertz CT molecular complexity index is 749. The van der Waals surface area contributed by atoms with Gasteiger partial charge >= 0.3 is 0 Å². The maximum absolute atomic E-state index is 5.99. The Kier molecular flexibility index (Phi) is 9.64. The molecule has 0 N–H and O–H groups in total. The Morgan fingerprint density at radius 1 is 0.933 bits per heavy atom. The fourth-order valence-corrected chi connectivity index (χ4v) is 5.55. The molecular weight excluding hydrogens is 388 g/mol. The Morgan fingerprint density at radius 3 is 2.47 bits per heavy atom. The average Bonchev–Trinajstić information content (AvgIpc) is 3.25. The van der Waals surface area contributed by atoms with Crippen molar-refractivity contribution in [2.24, 2.45) is 5.92 Å². The van der Waals surface area contributed by atoms with E-state index in [1.54, 1.807) is 11.3 Å². The van der Waals surface area contributed by atoms with Gasteiger partial charge in [0.15, 0.2) is 0 Å². The topological polar surface area (TPSA) is 35.0 Å². The van der Waals surface area contributed by atoms with Crippen molar-refractivity contribution < 1.29 is 4.74 Å². The molecule has 1 saturated carbocycles. The van der Waals surface area contributed by atoms with Gasteiger partial charge in [0.25, 0.3) is 0 Å². The third kappa shape index (κ3) is 6.54. The predicted octanol–water partition coefficient (Wildman–Crippen LogP) is 8.19. The standard InChI is InChI=1S/C26H40N2OS/c1-4-7-9-10-20-12-14-21(15-13-20)24-19-22(29-18-6-3)16-17-23(24)26-28-27-25(30-26)11-8-5-2/h16-17,19-21H,4-15,18H2,1-3H3. The van der Waals surface area contributed by atoms with Crippen molar-refractivity contribution in [2.45, 2.75) is 104 Å².